The van der Waals surface area contributed by atoms with E-state index in [1.807, 2.05) is 43.3 Å². The molecule has 0 bridgehead atoms. The summed E-state index contributed by atoms with van der Waals surface area (Å²) in [5.74, 6) is -0.401. The second-order valence-electron chi connectivity index (χ2n) is 3.60. The number of alkyl halides is 1. The summed E-state index contributed by atoms with van der Waals surface area (Å²) in [6, 6.07) is 7.52. The molecule has 88 valence electrons. The maximum absolute atomic E-state index is 11.4. The fourth-order valence-corrected chi connectivity index (χ4v) is 1.50. The molecule has 0 N–H and O–H groups in total. The number of carbonyl (C=O) groups is 1. The van der Waals surface area contributed by atoms with Gasteiger partial charge in [0.2, 0.25) is 0 Å². The van der Waals surface area contributed by atoms with Crippen molar-refractivity contribution in [2.75, 3.05) is 25.6 Å². The topological polar surface area (TPSA) is 29.5 Å². The van der Waals surface area contributed by atoms with Gasteiger partial charge in [0.05, 0.1) is 6.61 Å². The van der Waals surface area contributed by atoms with Gasteiger partial charge in [0.15, 0.2) is 5.38 Å². The van der Waals surface area contributed by atoms with Crippen LogP contribution >= 0.6 is 11.6 Å². The first-order valence-corrected chi connectivity index (χ1v) is 5.58. The van der Waals surface area contributed by atoms with Crippen LogP contribution in [0.5, 0.6) is 0 Å². The lowest BCUT2D eigenvalue weighted by Crippen LogP contribution is -2.12. The van der Waals surface area contributed by atoms with Crippen LogP contribution < -0.4 is 4.90 Å². The standard InChI is InChI=1S/C12H16ClNO2/c1-4-16-12(15)11(13)9-5-7-10(8-6-9)14(2)3/h5-8,11H,4H2,1-3H3. The first-order valence-electron chi connectivity index (χ1n) is 5.14. The third-order valence-corrected chi connectivity index (χ3v) is 2.63. The van der Waals surface area contributed by atoms with E-state index >= 15 is 0 Å². The van der Waals surface area contributed by atoms with E-state index < -0.39 is 11.3 Å². The molecule has 1 rings (SSSR count). The minimum Gasteiger partial charge on any atom is -0.465 e. The smallest absolute Gasteiger partial charge is 0.328 e. The lowest BCUT2D eigenvalue weighted by Gasteiger charge is -2.14. The van der Waals surface area contributed by atoms with Crippen molar-refractivity contribution in [2.24, 2.45) is 0 Å². The third kappa shape index (κ3) is 3.14. The Balaban J connectivity index is 2.77. The molecule has 1 atom stereocenters. The van der Waals surface area contributed by atoms with E-state index in [2.05, 4.69) is 0 Å². The number of carbonyl (C=O) groups excluding carboxylic acids is 1. The molecule has 1 unspecified atom stereocenters. The van der Waals surface area contributed by atoms with Crippen molar-refractivity contribution in [3.05, 3.63) is 29.8 Å². The highest BCUT2D eigenvalue weighted by molar-refractivity contribution is 6.29. The zero-order valence-electron chi connectivity index (χ0n) is 9.74. The van der Waals surface area contributed by atoms with Crippen LogP contribution in [-0.4, -0.2) is 26.7 Å². The van der Waals surface area contributed by atoms with Crippen LogP contribution in [0.15, 0.2) is 24.3 Å². The molecule has 4 heteroatoms. The molecule has 0 amide bonds. The van der Waals surface area contributed by atoms with Crippen molar-refractivity contribution in [1.82, 2.24) is 0 Å². The molecule has 0 fully saturated rings. The fraction of sp³-hybridized carbons (Fsp3) is 0.417. The number of rotatable bonds is 4. The zero-order valence-corrected chi connectivity index (χ0v) is 10.5. The van der Waals surface area contributed by atoms with Crippen LogP contribution in [0.2, 0.25) is 0 Å². The number of anilines is 1. The molecular weight excluding hydrogens is 226 g/mol. The Labute approximate surface area is 101 Å². The summed E-state index contributed by atoms with van der Waals surface area (Å²) < 4.78 is 4.85. The van der Waals surface area contributed by atoms with Gasteiger partial charge in [-0.1, -0.05) is 12.1 Å². The van der Waals surface area contributed by atoms with E-state index in [-0.39, 0.29) is 0 Å². The van der Waals surface area contributed by atoms with E-state index in [0.29, 0.717) is 6.61 Å². The van der Waals surface area contributed by atoms with E-state index in [1.54, 1.807) is 6.92 Å². The van der Waals surface area contributed by atoms with Gasteiger partial charge in [-0.15, -0.1) is 11.6 Å². The number of benzene rings is 1. The molecule has 1 aromatic rings. The van der Waals surface area contributed by atoms with Gasteiger partial charge in [0, 0.05) is 19.8 Å². The van der Waals surface area contributed by atoms with Crippen LogP contribution in [0.25, 0.3) is 0 Å². The Morgan fingerprint density at radius 3 is 2.38 bits per heavy atom. The summed E-state index contributed by atoms with van der Waals surface area (Å²) in [5.41, 5.74) is 1.82. The van der Waals surface area contributed by atoms with E-state index in [4.69, 9.17) is 16.3 Å². The second kappa shape index (κ2) is 5.75. The number of halogens is 1. The molecule has 0 aliphatic heterocycles. The molecule has 0 spiro atoms. The summed E-state index contributed by atoms with van der Waals surface area (Å²) in [5, 5.41) is -0.726. The van der Waals surface area contributed by atoms with Crippen molar-refractivity contribution in [1.29, 1.82) is 0 Å². The highest BCUT2D eigenvalue weighted by Gasteiger charge is 2.18. The maximum Gasteiger partial charge on any atom is 0.328 e. The summed E-state index contributed by atoms with van der Waals surface area (Å²) in [6.07, 6.45) is 0. The van der Waals surface area contributed by atoms with Gasteiger partial charge in [-0.3, -0.25) is 4.79 Å². The monoisotopic (exact) mass is 241 g/mol. The van der Waals surface area contributed by atoms with Crippen molar-refractivity contribution in [2.45, 2.75) is 12.3 Å². The summed E-state index contributed by atoms with van der Waals surface area (Å²) in [6.45, 7) is 2.11. The fourth-order valence-electron chi connectivity index (χ4n) is 1.29. The number of nitrogens with zero attached hydrogens (tertiary/aromatic N) is 1. The Hall–Kier alpha value is -1.22. The Morgan fingerprint density at radius 2 is 1.94 bits per heavy atom. The van der Waals surface area contributed by atoms with Crippen molar-refractivity contribution < 1.29 is 9.53 Å². The van der Waals surface area contributed by atoms with Crippen molar-refractivity contribution >= 4 is 23.3 Å². The molecule has 0 saturated heterocycles. The van der Waals surface area contributed by atoms with Gasteiger partial charge in [-0.2, -0.15) is 0 Å². The van der Waals surface area contributed by atoms with Crippen LogP contribution in [0.3, 0.4) is 0 Å². The van der Waals surface area contributed by atoms with Gasteiger partial charge >= 0.3 is 5.97 Å². The second-order valence-corrected chi connectivity index (χ2v) is 4.04. The van der Waals surface area contributed by atoms with E-state index in [9.17, 15) is 4.79 Å². The van der Waals surface area contributed by atoms with Gasteiger partial charge < -0.3 is 9.64 Å². The molecule has 16 heavy (non-hydrogen) atoms. The Bertz CT molecular complexity index is 349. The van der Waals surface area contributed by atoms with Crippen LogP contribution in [0.1, 0.15) is 17.9 Å². The zero-order chi connectivity index (χ0) is 12.1. The van der Waals surface area contributed by atoms with Gasteiger partial charge in [-0.25, -0.2) is 0 Å². The normalized spacial score (nSPS) is 12.0. The highest BCUT2D eigenvalue weighted by atomic mass is 35.5. The van der Waals surface area contributed by atoms with Crippen LogP contribution in [0, 0.1) is 0 Å². The average Bonchev–Trinajstić information content (AvgIpc) is 2.28. The minimum atomic E-state index is -0.726. The molecule has 3 nitrogen and oxygen atoms in total. The molecule has 0 aliphatic carbocycles. The summed E-state index contributed by atoms with van der Waals surface area (Å²) >= 11 is 5.98. The highest BCUT2D eigenvalue weighted by Crippen LogP contribution is 2.24. The summed E-state index contributed by atoms with van der Waals surface area (Å²) in [4.78, 5) is 13.4. The SMILES string of the molecule is CCOC(=O)C(Cl)c1ccc(N(C)C)cc1. The minimum absolute atomic E-state index is 0.345. The third-order valence-electron chi connectivity index (χ3n) is 2.20. The molecule has 0 aromatic heterocycles. The number of esters is 1. The predicted molar refractivity (Wildman–Crippen MR) is 66.0 cm³/mol. The molecule has 0 aliphatic rings. The molecule has 0 radical (unpaired) electrons. The van der Waals surface area contributed by atoms with E-state index in [0.717, 1.165) is 11.3 Å². The first-order chi connectivity index (χ1) is 7.56. The van der Waals surface area contributed by atoms with E-state index in [1.165, 1.54) is 0 Å². The molecular formula is C12H16ClNO2. The summed E-state index contributed by atoms with van der Waals surface area (Å²) in [7, 11) is 3.91. The van der Waals surface area contributed by atoms with Crippen molar-refractivity contribution in [3.63, 3.8) is 0 Å². The number of ether oxygens (including phenoxy) is 1. The molecule has 1 aromatic carbocycles. The van der Waals surface area contributed by atoms with Gasteiger partial charge in [0.25, 0.3) is 0 Å². The number of hydrogen-bond donors (Lipinski definition) is 0. The average molecular weight is 242 g/mol. The quantitative estimate of drug-likeness (QED) is 0.600. The maximum atomic E-state index is 11.4. The van der Waals surface area contributed by atoms with Crippen molar-refractivity contribution in [3.8, 4) is 0 Å². The Morgan fingerprint density at radius 1 is 1.38 bits per heavy atom. The lowest BCUT2D eigenvalue weighted by atomic mass is 10.1. The van der Waals surface area contributed by atoms with Gasteiger partial charge in [0.1, 0.15) is 0 Å². The number of hydrogen-bond acceptors (Lipinski definition) is 3. The first kappa shape index (κ1) is 12.8. The predicted octanol–water partition coefficient (Wildman–Crippen LogP) is 2.60. The lowest BCUT2D eigenvalue weighted by molar-refractivity contribution is -0.142. The largest absolute Gasteiger partial charge is 0.465 e. The Kier molecular flexibility index (Phi) is 4.62. The molecule has 0 saturated carbocycles. The molecule has 0 heterocycles. The van der Waals surface area contributed by atoms with Crippen LogP contribution in [0.4, 0.5) is 5.69 Å². The van der Waals surface area contributed by atoms with Gasteiger partial charge in [-0.05, 0) is 24.6 Å². The van der Waals surface area contributed by atoms with Crippen LogP contribution in [-0.2, 0) is 9.53 Å².